The Balaban J connectivity index is 1.56. The molecule has 2 heterocycles. The second-order valence-electron chi connectivity index (χ2n) is 14.9. The topological polar surface area (TPSA) is 109 Å². The van der Waals surface area contributed by atoms with E-state index < -0.39 is 13.7 Å². The van der Waals surface area contributed by atoms with Crippen LogP contribution in [0.2, 0.25) is 25.7 Å². The zero-order valence-corrected chi connectivity index (χ0v) is 29.4. The Morgan fingerprint density at radius 3 is 2.44 bits per heavy atom. The van der Waals surface area contributed by atoms with Crippen molar-refractivity contribution in [2.45, 2.75) is 129 Å². The van der Waals surface area contributed by atoms with Crippen LogP contribution in [-0.2, 0) is 16.2 Å². The SMILES string of the molecule is C[C@H]1CC(c2ccc(NC(=O)c3nc(C#N)cn3COCC[Si](C)(C)C)c(C3=CCCCC3)c2)C[C@H](C)N1C(=O)OC(C)(C)C. The molecule has 45 heavy (non-hydrogen) atoms. The summed E-state index contributed by atoms with van der Waals surface area (Å²) >= 11 is 0. The maximum Gasteiger partial charge on any atom is 0.410 e. The number of amides is 2. The number of imidazole rings is 1. The van der Waals surface area contributed by atoms with Crippen molar-refractivity contribution < 1.29 is 19.1 Å². The number of piperidine rings is 1. The van der Waals surface area contributed by atoms with E-state index in [0.29, 0.717) is 6.61 Å². The lowest BCUT2D eigenvalue weighted by Crippen LogP contribution is -2.51. The lowest BCUT2D eigenvalue weighted by Gasteiger charge is -2.43. The molecule has 0 saturated carbocycles. The molecule has 1 fully saturated rings. The first-order valence-electron chi connectivity index (χ1n) is 16.4. The molecule has 1 aromatic carbocycles. The second kappa shape index (κ2) is 14.3. The van der Waals surface area contributed by atoms with Crippen LogP contribution in [0.3, 0.4) is 0 Å². The van der Waals surface area contributed by atoms with Gasteiger partial charge in [-0.05, 0) is 108 Å². The summed E-state index contributed by atoms with van der Waals surface area (Å²) in [6.07, 6.45) is 9.50. The van der Waals surface area contributed by atoms with Crippen molar-refractivity contribution in [2.75, 3.05) is 11.9 Å². The predicted molar refractivity (Wildman–Crippen MR) is 181 cm³/mol. The molecule has 1 saturated heterocycles. The molecular weight excluding hydrogens is 583 g/mol. The van der Waals surface area contributed by atoms with Crippen LogP contribution >= 0.6 is 0 Å². The van der Waals surface area contributed by atoms with Gasteiger partial charge in [-0.2, -0.15) is 5.26 Å². The minimum absolute atomic E-state index is 0.0338. The summed E-state index contributed by atoms with van der Waals surface area (Å²) in [5.41, 5.74) is 3.85. The number of aromatic nitrogens is 2. The third kappa shape index (κ3) is 9.30. The number of carbonyl (C=O) groups is 2. The van der Waals surface area contributed by atoms with E-state index >= 15 is 0 Å². The van der Waals surface area contributed by atoms with E-state index in [2.05, 4.69) is 68.1 Å². The first kappa shape index (κ1) is 34.5. The van der Waals surface area contributed by atoms with E-state index in [1.165, 1.54) is 11.1 Å². The van der Waals surface area contributed by atoms with Crippen LogP contribution in [0.1, 0.15) is 107 Å². The van der Waals surface area contributed by atoms with Crippen molar-refractivity contribution in [3.63, 3.8) is 0 Å². The number of nitrogens with one attached hydrogen (secondary N) is 1. The molecule has 0 bridgehead atoms. The van der Waals surface area contributed by atoms with Crippen LogP contribution in [-0.4, -0.2) is 58.8 Å². The van der Waals surface area contributed by atoms with Gasteiger partial charge in [-0.25, -0.2) is 9.78 Å². The lowest BCUT2D eigenvalue weighted by atomic mass is 9.81. The Kier molecular flexibility index (Phi) is 11.0. The Morgan fingerprint density at radius 2 is 1.84 bits per heavy atom. The average Bonchev–Trinajstić information content (AvgIpc) is 3.37. The molecule has 0 radical (unpaired) electrons. The molecule has 2 amide bonds. The van der Waals surface area contributed by atoms with E-state index in [-0.39, 0.29) is 48.3 Å². The molecule has 2 aromatic rings. The van der Waals surface area contributed by atoms with Crippen LogP contribution in [0.4, 0.5) is 10.5 Å². The number of nitrogens with zero attached hydrogens (tertiary/aromatic N) is 4. The van der Waals surface area contributed by atoms with Crippen LogP contribution in [0, 0.1) is 11.3 Å². The molecule has 9 nitrogen and oxygen atoms in total. The molecule has 1 aliphatic heterocycles. The van der Waals surface area contributed by atoms with Gasteiger partial charge < -0.3 is 24.3 Å². The van der Waals surface area contributed by atoms with Crippen molar-refractivity contribution in [3.05, 3.63) is 53.1 Å². The van der Waals surface area contributed by atoms with Gasteiger partial charge in [0.25, 0.3) is 5.91 Å². The molecule has 2 aliphatic rings. The summed E-state index contributed by atoms with van der Waals surface area (Å²) in [6, 6.07) is 9.46. The van der Waals surface area contributed by atoms with Crippen molar-refractivity contribution in [1.29, 1.82) is 5.26 Å². The number of ether oxygens (including phenoxy) is 2. The van der Waals surface area contributed by atoms with Crippen molar-refractivity contribution in [2.24, 2.45) is 0 Å². The highest BCUT2D eigenvalue weighted by atomic mass is 28.3. The number of benzene rings is 1. The molecule has 1 N–H and O–H groups in total. The summed E-state index contributed by atoms with van der Waals surface area (Å²) in [6.45, 7) is 17.5. The molecule has 0 unspecified atom stereocenters. The van der Waals surface area contributed by atoms with Gasteiger partial charge in [-0.15, -0.1) is 0 Å². The number of carbonyl (C=O) groups excluding carboxylic acids is 2. The third-order valence-corrected chi connectivity index (χ3v) is 10.2. The monoisotopic (exact) mass is 633 g/mol. The fraction of sp³-hybridized carbons (Fsp3) is 0.600. The maximum absolute atomic E-state index is 13.6. The second-order valence-corrected chi connectivity index (χ2v) is 20.5. The first-order chi connectivity index (χ1) is 21.1. The van der Waals surface area contributed by atoms with Gasteiger partial charge in [0.15, 0.2) is 5.69 Å². The summed E-state index contributed by atoms with van der Waals surface area (Å²) in [4.78, 5) is 32.8. The normalized spacial score (nSPS) is 20.7. The van der Waals surface area contributed by atoms with Gasteiger partial charge in [0.2, 0.25) is 5.82 Å². The number of allylic oxidation sites excluding steroid dienone is 2. The summed E-state index contributed by atoms with van der Waals surface area (Å²) in [5, 5.41) is 12.6. The van der Waals surface area contributed by atoms with E-state index in [1.807, 2.05) is 31.7 Å². The molecule has 1 aliphatic carbocycles. The number of nitriles is 1. The van der Waals surface area contributed by atoms with Gasteiger partial charge in [0.05, 0.1) is 0 Å². The number of hydrogen-bond donors (Lipinski definition) is 1. The van der Waals surface area contributed by atoms with Gasteiger partial charge in [-0.1, -0.05) is 31.8 Å². The van der Waals surface area contributed by atoms with E-state index in [1.54, 1.807) is 10.8 Å². The van der Waals surface area contributed by atoms with E-state index in [4.69, 9.17) is 9.47 Å². The molecular formula is C35H51N5O4Si. The minimum Gasteiger partial charge on any atom is -0.444 e. The smallest absolute Gasteiger partial charge is 0.410 e. The Hall–Kier alpha value is -3.42. The lowest BCUT2D eigenvalue weighted by molar-refractivity contribution is -0.00256. The van der Waals surface area contributed by atoms with Crippen molar-refractivity contribution in [3.8, 4) is 6.07 Å². The molecule has 2 atom stereocenters. The summed E-state index contributed by atoms with van der Waals surface area (Å²) < 4.78 is 13.2. The average molecular weight is 634 g/mol. The van der Waals surface area contributed by atoms with Crippen LogP contribution < -0.4 is 5.32 Å². The van der Waals surface area contributed by atoms with Crippen molar-refractivity contribution in [1.82, 2.24) is 14.5 Å². The zero-order chi connectivity index (χ0) is 32.9. The Morgan fingerprint density at radius 1 is 1.13 bits per heavy atom. The fourth-order valence-electron chi connectivity index (χ4n) is 6.27. The molecule has 244 valence electrons. The van der Waals surface area contributed by atoms with Gasteiger partial charge in [-0.3, -0.25) is 4.79 Å². The largest absolute Gasteiger partial charge is 0.444 e. The van der Waals surface area contributed by atoms with E-state index in [0.717, 1.165) is 55.8 Å². The van der Waals surface area contributed by atoms with Crippen LogP contribution in [0.25, 0.3) is 5.57 Å². The number of likely N-dealkylation sites (tertiary alicyclic amines) is 1. The fourth-order valence-corrected chi connectivity index (χ4v) is 7.03. The highest BCUT2D eigenvalue weighted by Gasteiger charge is 2.37. The summed E-state index contributed by atoms with van der Waals surface area (Å²) in [7, 11) is -1.26. The predicted octanol–water partition coefficient (Wildman–Crippen LogP) is 8.17. The standard InChI is InChI=1S/C35H51N5O4Si/c1-24-18-28(19-25(2)40(24)34(42)44-35(3,4)5)27-14-15-31(30(20-27)26-12-10-9-11-13-26)38-33(41)32-37-29(21-36)22-39(32)23-43-16-17-45(6,7)8/h12,14-15,20,22,24-25,28H,9-11,13,16-19,23H2,1-8H3,(H,38,41)/t24-,25-/m0/s1. The summed E-state index contributed by atoms with van der Waals surface area (Å²) in [5.74, 6) is 0.0553. The maximum atomic E-state index is 13.6. The van der Waals surface area contributed by atoms with Crippen LogP contribution in [0.5, 0.6) is 0 Å². The molecule has 4 rings (SSSR count). The first-order valence-corrected chi connectivity index (χ1v) is 20.1. The molecule has 0 spiro atoms. The minimum atomic E-state index is -1.26. The zero-order valence-electron chi connectivity index (χ0n) is 28.4. The number of rotatable bonds is 9. The molecule has 10 heteroatoms. The quantitative estimate of drug-likeness (QED) is 0.220. The third-order valence-electron chi connectivity index (χ3n) is 8.53. The Labute approximate surface area is 270 Å². The number of hydrogen-bond acceptors (Lipinski definition) is 6. The Bertz CT molecular complexity index is 1430. The van der Waals surface area contributed by atoms with Gasteiger partial charge in [0.1, 0.15) is 18.4 Å². The van der Waals surface area contributed by atoms with Crippen molar-refractivity contribution >= 4 is 31.3 Å². The van der Waals surface area contributed by atoms with E-state index in [9.17, 15) is 14.9 Å². The van der Waals surface area contributed by atoms with Crippen LogP contribution in [0.15, 0.2) is 30.5 Å². The molecule has 1 aromatic heterocycles. The highest BCUT2D eigenvalue weighted by molar-refractivity contribution is 6.76. The van der Waals surface area contributed by atoms with Gasteiger partial charge >= 0.3 is 6.09 Å². The number of anilines is 1. The van der Waals surface area contributed by atoms with Gasteiger partial charge in [0, 0.05) is 44.2 Å². The highest BCUT2D eigenvalue weighted by Crippen LogP contribution is 2.39.